The number of carbonyl (C=O) groups is 2. The van der Waals surface area contributed by atoms with Crippen LogP contribution in [0.25, 0.3) is 6.08 Å². The monoisotopic (exact) mass is 459 g/mol. The fourth-order valence-corrected chi connectivity index (χ4v) is 4.74. The molecule has 1 amide bonds. The Hall–Kier alpha value is -3.04. The van der Waals surface area contributed by atoms with Crippen molar-refractivity contribution in [3.8, 4) is 5.75 Å². The maximum Gasteiger partial charge on any atom is 0.424 e. The van der Waals surface area contributed by atoms with Gasteiger partial charge in [-0.15, -0.1) is 0 Å². The van der Waals surface area contributed by atoms with Gasteiger partial charge in [-0.1, -0.05) is 18.2 Å². The Morgan fingerprint density at radius 1 is 1.28 bits per heavy atom. The zero-order valence-corrected chi connectivity index (χ0v) is 18.4. The summed E-state index contributed by atoms with van der Waals surface area (Å²) in [6.07, 6.45) is 3.27. The summed E-state index contributed by atoms with van der Waals surface area (Å²) in [5.41, 5.74) is 1.76. The average Bonchev–Trinajstić information content (AvgIpc) is 3.60. The molecule has 4 rings (SSSR count). The maximum atomic E-state index is 13.8. The zero-order valence-electron chi connectivity index (χ0n) is 17.5. The quantitative estimate of drug-likeness (QED) is 0.506. The highest BCUT2D eigenvalue weighted by molar-refractivity contribution is 8.01. The Labute approximate surface area is 188 Å². The van der Waals surface area contributed by atoms with Gasteiger partial charge in [0.05, 0.1) is 33.1 Å². The number of hydrogen-bond acceptors (Lipinski definition) is 7. The van der Waals surface area contributed by atoms with Gasteiger partial charge in [0.1, 0.15) is 17.1 Å². The summed E-state index contributed by atoms with van der Waals surface area (Å²) in [5.74, 6) is 0.104. The smallest absolute Gasteiger partial charge is 0.424 e. The van der Waals surface area contributed by atoms with Crippen LogP contribution in [0.15, 0.2) is 41.3 Å². The molecule has 168 valence electrons. The molecular formula is C23H22FNO6S. The highest BCUT2D eigenvalue weighted by atomic mass is 32.2. The van der Waals surface area contributed by atoms with Crippen LogP contribution < -0.4 is 9.04 Å². The third-order valence-electron chi connectivity index (χ3n) is 5.44. The lowest BCUT2D eigenvalue weighted by Gasteiger charge is -2.26. The van der Waals surface area contributed by atoms with Crippen molar-refractivity contribution in [2.24, 2.45) is 5.92 Å². The number of benzene rings is 2. The van der Waals surface area contributed by atoms with Gasteiger partial charge in [0.25, 0.3) is 0 Å². The molecule has 2 unspecified atom stereocenters. The molecule has 1 fully saturated rings. The summed E-state index contributed by atoms with van der Waals surface area (Å²) < 4.78 is 30.9. The Morgan fingerprint density at radius 2 is 2.09 bits per heavy atom. The van der Waals surface area contributed by atoms with Crippen molar-refractivity contribution in [2.45, 2.75) is 17.2 Å². The number of methoxy groups -OCH3 is 2. The molecule has 1 N–H and O–H groups in total. The van der Waals surface area contributed by atoms with Gasteiger partial charge in [0, 0.05) is 10.8 Å². The van der Waals surface area contributed by atoms with E-state index in [9.17, 15) is 14.0 Å². The fraction of sp³-hybridized carbons (Fsp3) is 0.304. The molecule has 0 spiro atoms. The highest BCUT2D eigenvalue weighted by Gasteiger charge is 2.46. The van der Waals surface area contributed by atoms with Crippen molar-refractivity contribution in [1.82, 2.24) is 0 Å². The minimum atomic E-state index is -0.735. The number of fused-ring (bicyclic) bond motifs is 3. The Bertz CT molecular complexity index is 1090. The maximum absolute atomic E-state index is 13.8. The van der Waals surface area contributed by atoms with E-state index in [-0.39, 0.29) is 17.9 Å². The summed E-state index contributed by atoms with van der Waals surface area (Å²) in [6.45, 7) is 0.280. The van der Waals surface area contributed by atoms with Crippen LogP contribution >= 0.6 is 11.9 Å². The van der Waals surface area contributed by atoms with Gasteiger partial charge in [-0.2, -0.15) is 0 Å². The van der Waals surface area contributed by atoms with Crippen LogP contribution in [-0.2, 0) is 9.47 Å². The first-order valence-electron chi connectivity index (χ1n) is 9.99. The van der Waals surface area contributed by atoms with Crippen LogP contribution in [0.5, 0.6) is 5.75 Å². The van der Waals surface area contributed by atoms with E-state index >= 15 is 0 Å². The second-order valence-electron chi connectivity index (χ2n) is 7.41. The first-order chi connectivity index (χ1) is 15.5. The topological polar surface area (TPSA) is 85.3 Å². The van der Waals surface area contributed by atoms with E-state index in [1.807, 2.05) is 6.07 Å². The summed E-state index contributed by atoms with van der Waals surface area (Å²) in [4.78, 5) is 26.1. The molecule has 1 saturated carbocycles. The molecule has 2 atom stereocenters. The van der Waals surface area contributed by atoms with Gasteiger partial charge in [0.15, 0.2) is 0 Å². The molecule has 2 aliphatic rings. The third kappa shape index (κ3) is 4.18. The van der Waals surface area contributed by atoms with Crippen molar-refractivity contribution >= 4 is 35.8 Å². The number of ether oxygens (including phenoxy) is 3. The largest absolute Gasteiger partial charge is 0.492 e. The number of nitrogens with zero attached hydrogens (tertiary/aromatic N) is 1. The lowest BCUT2D eigenvalue weighted by atomic mass is 10.00. The van der Waals surface area contributed by atoms with Crippen LogP contribution in [0, 0.1) is 11.7 Å². The Morgan fingerprint density at radius 3 is 2.81 bits per heavy atom. The van der Waals surface area contributed by atoms with Gasteiger partial charge in [-0.05, 0) is 59.7 Å². The van der Waals surface area contributed by atoms with Crippen molar-refractivity contribution in [3.05, 3.63) is 58.9 Å². The average molecular weight is 459 g/mol. The van der Waals surface area contributed by atoms with Crippen LogP contribution in [-0.4, -0.2) is 44.6 Å². The number of aliphatic hydroxyl groups is 1. The van der Waals surface area contributed by atoms with Crippen molar-refractivity contribution in [2.75, 3.05) is 31.7 Å². The lowest BCUT2D eigenvalue weighted by molar-refractivity contribution is 0.0596. The predicted octanol–water partition coefficient (Wildman–Crippen LogP) is 4.39. The number of rotatable bonds is 6. The number of anilines is 1. The van der Waals surface area contributed by atoms with E-state index in [2.05, 4.69) is 0 Å². The molecule has 2 aromatic rings. The van der Waals surface area contributed by atoms with Crippen LogP contribution in [0.1, 0.15) is 33.8 Å². The Balaban J connectivity index is 1.81. The van der Waals surface area contributed by atoms with Gasteiger partial charge in [-0.25, -0.2) is 18.3 Å². The second-order valence-corrected chi connectivity index (χ2v) is 8.39. The van der Waals surface area contributed by atoms with Crippen molar-refractivity contribution < 1.29 is 33.3 Å². The molecule has 1 aliphatic heterocycles. The minimum absolute atomic E-state index is 0.141. The second kappa shape index (κ2) is 9.22. The zero-order chi connectivity index (χ0) is 22.8. The molecule has 1 heterocycles. The van der Waals surface area contributed by atoms with E-state index in [1.165, 1.54) is 42.8 Å². The van der Waals surface area contributed by atoms with Crippen LogP contribution in [0.4, 0.5) is 14.9 Å². The summed E-state index contributed by atoms with van der Waals surface area (Å²) in [7, 11) is 2.50. The third-order valence-corrected chi connectivity index (χ3v) is 6.54. The minimum Gasteiger partial charge on any atom is -0.492 e. The lowest BCUT2D eigenvalue weighted by Crippen LogP contribution is -2.27. The highest BCUT2D eigenvalue weighted by Crippen LogP contribution is 2.56. The van der Waals surface area contributed by atoms with Gasteiger partial charge >= 0.3 is 12.1 Å². The SMILES string of the molecule is COC(=O)c1c(N(Sc2ccc(F)cc2/C=C\CO)C(=O)OC)ccc2c1OCC1CC21. The van der Waals surface area contributed by atoms with Crippen LogP contribution in [0.2, 0.25) is 0 Å². The van der Waals surface area contributed by atoms with E-state index in [1.54, 1.807) is 12.1 Å². The van der Waals surface area contributed by atoms with E-state index in [0.717, 1.165) is 23.9 Å². The molecule has 0 bridgehead atoms. The summed E-state index contributed by atoms with van der Waals surface area (Å²) >= 11 is 0.960. The molecule has 9 heteroatoms. The number of aliphatic hydroxyl groups excluding tert-OH is 1. The normalized spacial score (nSPS) is 18.4. The van der Waals surface area contributed by atoms with Crippen molar-refractivity contribution in [3.63, 3.8) is 0 Å². The van der Waals surface area contributed by atoms with Gasteiger partial charge in [0.2, 0.25) is 0 Å². The summed E-state index contributed by atoms with van der Waals surface area (Å²) in [6, 6.07) is 7.59. The fourth-order valence-electron chi connectivity index (χ4n) is 3.79. The predicted molar refractivity (Wildman–Crippen MR) is 117 cm³/mol. The molecule has 2 aromatic carbocycles. The molecule has 32 heavy (non-hydrogen) atoms. The molecule has 1 aliphatic carbocycles. The number of amides is 1. The number of hydrogen-bond donors (Lipinski definition) is 1. The molecule has 0 aromatic heterocycles. The molecule has 0 radical (unpaired) electrons. The first kappa shape index (κ1) is 22.2. The van der Waals surface area contributed by atoms with E-state index in [4.69, 9.17) is 19.3 Å². The van der Waals surface area contributed by atoms with Gasteiger partial charge in [-0.3, -0.25) is 0 Å². The van der Waals surface area contributed by atoms with Crippen molar-refractivity contribution in [1.29, 1.82) is 0 Å². The molecule has 0 saturated heterocycles. The van der Waals surface area contributed by atoms with E-state index < -0.39 is 17.9 Å². The van der Waals surface area contributed by atoms with Crippen LogP contribution in [0.3, 0.4) is 0 Å². The molecular weight excluding hydrogens is 437 g/mol. The standard InChI is InChI=1S/C23H22FNO6S/c1-29-22(27)20-18(7-6-16-17-11-14(17)12-31-21(16)20)25(23(28)30-2)32-19-8-5-15(24)10-13(19)4-3-9-26/h3-8,10,14,17,26H,9,11-12H2,1-2H3/b4-3-. The molecule has 7 nitrogen and oxygen atoms in total. The van der Waals surface area contributed by atoms with Gasteiger partial charge < -0.3 is 19.3 Å². The number of carbonyl (C=O) groups excluding carboxylic acids is 2. The Kier molecular flexibility index (Phi) is 6.38. The number of halogens is 1. The number of esters is 1. The summed E-state index contributed by atoms with van der Waals surface area (Å²) in [5, 5.41) is 9.10. The first-order valence-corrected chi connectivity index (χ1v) is 10.8. The van der Waals surface area contributed by atoms with E-state index in [0.29, 0.717) is 34.7 Å².